The van der Waals surface area contributed by atoms with Gasteiger partial charge in [-0.05, 0) is 31.4 Å². The maximum absolute atomic E-state index is 13.3. The molecule has 5 rings (SSSR count). The van der Waals surface area contributed by atoms with Gasteiger partial charge in [-0.25, -0.2) is 0 Å². The number of hydrogen-bond acceptors (Lipinski definition) is 5. The van der Waals surface area contributed by atoms with Gasteiger partial charge in [0.25, 0.3) is 0 Å². The largest absolute Gasteiger partial charge is 0.468 e. The number of aldehydes is 1. The number of esters is 1. The van der Waals surface area contributed by atoms with Gasteiger partial charge < -0.3 is 9.53 Å². The summed E-state index contributed by atoms with van der Waals surface area (Å²) in [5, 5.41) is 0. The fraction of sp³-hybridized carbons (Fsp3) is 0.476. The zero-order chi connectivity index (χ0) is 18.1. The Morgan fingerprint density at radius 2 is 2.19 bits per heavy atom. The third-order valence-corrected chi connectivity index (χ3v) is 7.20. The third kappa shape index (κ3) is 1.51. The second-order valence-corrected chi connectivity index (χ2v) is 7.79. The number of piperidine rings is 2. The average Bonchev–Trinajstić information content (AvgIpc) is 3.04. The minimum Gasteiger partial charge on any atom is -0.468 e. The first-order valence-corrected chi connectivity index (χ1v) is 9.26. The van der Waals surface area contributed by atoms with E-state index < -0.39 is 16.8 Å². The van der Waals surface area contributed by atoms with Gasteiger partial charge in [0.2, 0.25) is 0 Å². The number of ether oxygens (including phenoxy) is 1. The lowest BCUT2D eigenvalue weighted by Crippen LogP contribution is -2.74. The van der Waals surface area contributed by atoms with E-state index in [0.29, 0.717) is 0 Å². The fourth-order valence-electron chi connectivity index (χ4n) is 6.15. The fourth-order valence-corrected chi connectivity index (χ4v) is 6.15. The van der Waals surface area contributed by atoms with Crippen molar-refractivity contribution in [3.8, 4) is 0 Å². The van der Waals surface area contributed by atoms with E-state index in [0.717, 1.165) is 49.2 Å². The summed E-state index contributed by atoms with van der Waals surface area (Å²) in [7, 11) is 1.39. The highest BCUT2D eigenvalue weighted by molar-refractivity contribution is 6.15. The van der Waals surface area contributed by atoms with Gasteiger partial charge in [0, 0.05) is 24.7 Å². The van der Waals surface area contributed by atoms with E-state index in [1.165, 1.54) is 12.7 Å². The molecule has 3 bridgehead atoms. The summed E-state index contributed by atoms with van der Waals surface area (Å²) in [4.78, 5) is 33.5. The molecule has 5 heteroatoms. The van der Waals surface area contributed by atoms with Crippen LogP contribution in [0.2, 0.25) is 0 Å². The van der Waals surface area contributed by atoms with Crippen molar-refractivity contribution in [2.45, 2.75) is 31.2 Å². The molecule has 0 N–H and O–H groups in total. The van der Waals surface area contributed by atoms with Crippen LogP contribution >= 0.6 is 0 Å². The van der Waals surface area contributed by atoms with E-state index in [4.69, 9.17) is 9.73 Å². The lowest BCUT2D eigenvalue weighted by Gasteiger charge is -2.62. The molecule has 1 aromatic rings. The van der Waals surface area contributed by atoms with E-state index in [1.54, 1.807) is 0 Å². The molecular formula is C21H22N2O3. The van der Waals surface area contributed by atoms with Crippen molar-refractivity contribution in [2.24, 2.45) is 16.3 Å². The van der Waals surface area contributed by atoms with Crippen LogP contribution in [0.1, 0.15) is 25.3 Å². The number of methoxy groups -OCH3 is 1. The van der Waals surface area contributed by atoms with Gasteiger partial charge in [0.15, 0.2) is 0 Å². The molecule has 0 spiro atoms. The number of hydrogen-bond donors (Lipinski definition) is 0. The van der Waals surface area contributed by atoms with E-state index in [9.17, 15) is 9.59 Å². The molecule has 1 unspecified atom stereocenters. The molecule has 0 amide bonds. The number of aliphatic imine (C=N–C) groups is 1. The van der Waals surface area contributed by atoms with Crippen molar-refractivity contribution in [1.82, 2.24) is 4.90 Å². The molecule has 3 aliphatic heterocycles. The summed E-state index contributed by atoms with van der Waals surface area (Å²) in [6, 6.07) is 8.17. The summed E-state index contributed by atoms with van der Waals surface area (Å²) in [5.74, 6) is -0.556. The number of fused-ring (bicyclic) bond motifs is 2. The van der Waals surface area contributed by atoms with E-state index in [-0.39, 0.29) is 12.0 Å². The van der Waals surface area contributed by atoms with Crippen LogP contribution in [0.15, 0.2) is 40.9 Å². The number of rotatable bonds is 2. The van der Waals surface area contributed by atoms with Gasteiger partial charge >= 0.3 is 5.97 Å². The van der Waals surface area contributed by atoms with Crippen molar-refractivity contribution in [2.75, 3.05) is 20.2 Å². The Balaban J connectivity index is 1.88. The first-order valence-electron chi connectivity index (χ1n) is 9.26. The Morgan fingerprint density at radius 1 is 1.38 bits per heavy atom. The number of allylic oxidation sites excluding steroid dienone is 1. The first-order chi connectivity index (χ1) is 12.6. The molecule has 5 nitrogen and oxygen atoms in total. The predicted molar refractivity (Wildman–Crippen MR) is 97.6 cm³/mol. The highest BCUT2D eigenvalue weighted by atomic mass is 16.5. The van der Waals surface area contributed by atoms with Crippen LogP contribution in [0.5, 0.6) is 0 Å². The second-order valence-electron chi connectivity index (χ2n) is 7.79. The van der Waals surface area contributed by atoms with Crippen LogP contribution in [0, 0.1) is 11.3 Å². The smallest absolute Gasteiger partial charge is 0.321 e. The molecule has 2 saturated heterocycles. The molecule has 134 valence electrons. The summed E-state index contributed by atoms with van der Waals surface area (Å²) in [6.45, 7) is 3.65. The quantitative estimate of drug-likeness (QED) is 0.356. The molecule has 4 atom stereocenters. The topological polar surface area (TPSA) is 59.0 Å². The highest BCUT2D eigenvalue weighted by Crippen LogP contribution is 2.65. The van der Waals surface area contributed by atoms with Crippen LogP contribution in [0.4, 0.5) is 5.69 Å². The molecule has 1 aromatic carbocycles. The van der Waals surface area contributed by atoms with Crippen LogP contribution in [-0.4, -0.2) is 49.1 Å². The van der Waals surface area contributed by atoms with Gasteiger partial charge in [-0.2, -0.15) is 0 Å². The molecule has 1 aliphatic carbocycles. The molecule has 26 heavy (non-hydrogen) atoms. The van der Waals surface area contributed by atoms with Gasteiger partial charge in [0.05, 0.1) is 24.3 Å². The number of carbonyl (C=O) groups is 2. The predicted octanol–water partition coefficient (Wildman–Crippen LogP) is 2.42. The zero-order valence-corrected chi connectivity index (χ0v) is 15.1. The maximum atomic E-state index is 13.3. The maximum Gasteiger partial charge on any atom is 0.321 e. The summed E-state index contributed by atoms with van der Waals surface area (Å²) in [6.07, 6.45) is 4.45. The van der Waals surface area contributed by atoms with Crippen molar-refractivity contribution in [3.63, 3.8) is 0 Å². The molecule has 0 radical (unpaired) electrons. The number of para-hydroxylation sites is 1. The van der Waals surface area contributed by atoms with Crippen LogP contribution in [0.3, 0.4) is 0 Å². The minimum absolute atomic E-state index is 0.135. The van der Waals surface area contributed by atoms with Gasteiger partial charge in [-0.3, -0.25) is 14.7 Å². The SMILES string of the molecule is C/C=C1/CN2CC[C@]34C(=Nc5ccccc53)C2C[C@@H]1[C@@]4(C=O)C(=O)OC. The number of benzene rings is 1. The molecule has 0 aromatic heterocycles. The Labute approximate surface area is 152 Å². The standard InChI is InChI=1S/C21H22N2O3/c1-3-13-11-23-9-8-20-14-6-4-5-7-16(14)22-18(20)17(23)10-15(13)21(20,12-24)19(25)26-2/h3-7,12,15,17H,8-11H2,1-2H3/b13-3-/t15-,17?,20+,21-/m0/s1. The Morgan fingerprint density at radius 3 is 2.92 bits per heavy atom. The molecular weight excluding hydrogens is 328 g/mol. The van der Waals surface area contributed by atoms with Crippen LogP contribution in [-0.2, 0) is 19.7 Å². The molecule has 3 heterocycles. The normalized spacial score (nSPS) is 38.5. The van der Waals surface area contributed by atoms with Gasteiger partial charge in [-0.15, -0.1) is 0 Å². The third-order valence-electron chi connectivity index (χ3n) is 7.20. The van der Waals surface area contributed by atoms with E-state index >= 15 is 0 Å². The summed E-state index contributed by atoms with van der Waals surface area (Å²) < 4.78 is 5.27. The van der Waals surface area contributed by atoms with Crippen molar-refractivity contribution in [3.05, 3.63) is 41.5 Å². The van der Waals surface area contributed by atoms with Gasteiger partial charge in [-0.1, -0.05) is 29.8 Å². The Hall–Kier alpha value is -2.27. The Kier molecular flexibility index (Phi) is 3.15. The lowest BCUT2D eigenvalue weighted by molar-refractivity contribution is -0.166. The number of nitrogens with zero attached hydrogens (tertiary/aromatic N) is 2. The van der Waals surface area contributed by atoms with E-state index in [2.05, 4.69) is 11.0 Å². The molecule has 1 saturated carbocycles. The van der Waals surface area contributed by atoms with Gasteiger partial charge in [0.1, 0.15) is 11.7 Å². The highest BCUT2D eigenvalue weighted by Gasteiger charge is 2.73. The summed E-state index contributed by atoms with van der Waals surface area (Å²) in [5.41, 5.74) is 2.15. The molecule has 4 aliphatic rings. The van der Waals surface area contributed by atoms with Crippen LogP contribution in [0.25, 0.3) is 0 Å². The van der Waals surface area contributed by atoms with Crippen molar-refractivity contribution in [1.29, 1.82) is 0 Å². The van der Waals surface area contributed by atoms with Crippen molar-refractivity contribution >= 4 is 23.7 Å². The number of carbonyl (C=O) groups excluding carboxylic acids is 2. The Bertz CT molecular complexity index is 889. The average molecular weight is 350 g/mol. The van der Waals surface area contributed by atoms with Crippen molar-refractivity contribution < 1.29 is 14.3 Å². The molecule has 3 fully saturated rings. The van der Waals surface area contributed by atoms with Crippen LogP contribution < -0.4 is 0 Å². The lowest BCUT2D eigenvalue weighted by atomic mass is 9.43. The first kappa shape index (κ1) is 15.9. The zero-order valence-electron chi connectivity index (χ0n) is 15.1. The second kappa shape index (κ2) is 5.13. The monoisotopic (exact) mass is 350 g/mol. The summed E-state index contributed by atoms with van der Waals surface area (Å²) >= 11 is 0. The van der Waals surface area contributed by atoms with E-state index in [1.807, 2.05) is 31.2 Å². The minimum atomic E-state index is -1.24.